The van der Waals surface area contributed by atoms with Gasteiger partial charge in [-0.15, -0.1) is 11.3 Å². The number of rotatable bonds is 3. The third-order valence-electron chi connectivity index (χ3n) is 2.52. The van der Waals surface area contributed by atoms with Crippen LogP contribution >= 0.6 is 27.3 Å². The third kappa shape index (κ3) is 3.03. The fourth-order valence-electron chi connectivity index (χ4n) is 1.65. The minimum Gasteiger partial charge on any atom is -0.352 e. The Kier molecular flexibility index (Phi) is 3.77. The van der Waals surface area contributed by atoms with Crippen LogP contribution in [0.3, 0.4) is 0 Å². The Labute approximate surface area is 101 Å². The molecule has 1 saturated heterocycles. The van der Waals surface area contributed by atoms with Gasteiger partial charge < -0.3 is 10.6 Å². The number of carbonyl (C=O) groups is 1. The molecule has 0 aliphatic carbocycles. The summed E-state index contributed by atoms with van der Waals surface area (Å²) in [6.07, 6.45) is 0.958. The van der Waals surface area contributed by atoms with Crippen LogP contribution in [-0.4, -0.2) is 19.0 Å². The summed E-state index contributed by atoms with van der Waals surface area (Å²) in [5, 5.41) is 8.20. The largest absolute Gasteiger partial charge is 0.352 e. The van der Waals surface area contributed by atoms with Gasteiger partial charge in [0.25, 0.3) is 0 Å². The van der Waals surface area contributed by atoms with Crippen LogP contribution in [0.4, 0.5) is 0 Å². The molecular weight excluding hydrogens is 276 g/mol. The molecule has 0 aromatic carbocycles. The van der Waals surface area contributed by atoms with Gasteiger partial charge in [-0.3, -0.25) is 4.79 Å². The predicted octanol–water partition coefficient (Wildman–Crippen LogP) is 1.74. The summed E-state index contributed by atoms with van der Waals surface area (Å²) < 4.78 is 1.11. The summed E-state index contributed by atoms with van der Waals surface area (Å²) in [6, 6.07) is 2.04. The molecule has 1 amide bonds. The molecule has 1 aliphatic rings. The van der Waals surface area contributed by atoms with E-state index in [1.807, 2.05) is 6.07 Å². The molecule has 5 heteroatoms. The molecule has 15 heavy (non-hydrogen) atoms. The van der Waals surface area contributed by atoms with E-state index in [1.165, 1.54) is 0 Å². The van der Waals surface area contributed by atoms with Crippen molar-refractivity contribution in [3.63, 3.8) is 0 Å². The van der Waals surface area contributed by atoms with E-state index in [-0.39, 0.29) is 11.8 Å². The molecule has 2 rings (SSSR count). The molecule has 0 bridgehead atoms. The first-order valence-electron chi connectivity index (χ1n) is 4.97. The van der Waals surface area contributed by atoms with Crippen molar-refractivity contribution in [1.82, 2.24) is 10.6 Å². The summed E-state index contributed by atoms with van der Waals surface area (Å²) >= 11 is 5.04. The number of hydrogen-bond acceptors (Lipinski definition) is 3. The summed E-state index contributed by atoms with van der Waals surface area (Å²) in [4.78, 5) is 11.7. The number of carbonyl (C=O) groups excluding carboxylic acids is 1. The van der Waals surface area contributed by atoms with Gasteiger partial charge in [0.2, 0.25) is 5.91 Å². The molecule has 1 aromatic rings. The highest BCUT2D eigenvalue weighted by Gasteiger charge is 2.21. The minimum atomic E-state index is 0.159. The van der Waals surface area contributed by atoms with Gasteiger partial charge in [-0.2, -0.15) is 0 Å². The number of hydrogen-bond donors (Lipinski definition) is 2. The first kappa shape index (κ1) is 11.1. The SMILES string of the molecule is O=C(NCc1csc(Br)c1)C1CCNC1. The van der Waals surface area contributed by atoms with Crippen molar-refractivity contribution >= 4 is 33.2 Å². The second kappa shape index (κ2) is 5.09. The topological polar surface area (TPSA) is 41.1 Å². The molecule has 1 atom stereocenters. The molecule has 1 fully saturated rings. The van der Waals surface area contributed by atoms with Gasteiger partial charge in [0.1, 0.15) is 0 Å². The van der Waals surface area contributed by atoms with E-state index >= 15 is 0 Å². The average molecular weight is 289 g/mol. The molecule has 82 valence electrons. The predicted molar refractivity (Wildman–Crippen MR) is 64.8 cm³/mol. The summed E-state index contributed by atoms with van der Waals surface area (Å²) in [5.41, 5.74) is 1.16. The molecule has 2 N–H and O–H groups in total. The van der Waals surface area contributed by atoms with Crippen molar-refractivity contribution in [2.45, 2.75) is 13.0 Å². The zero-order valence-electron chi connectivity index (χ0n) is 8.25. The molecule has 1 aliphatic heterocycles. The van der Waals surface area contributed by atoms with E-state index in [2.05, 4.69) is 31.9 Å². The van der Waals surface area contributed by atoms with Gasteiger partial charge >= 0.3 is 0 Å². The highest BCUT2D eigenvalue weighted by molar-refractivity contribution is 9.11. The van der Waals surface area contributed by atoms with Crippen molar-refractivity contribution in [3.05, 3.63) is 20.8 Å². The quantitative estimate of drug-likeness (QED) is 0.890. The van der Waals surface area contributed by atoms with Crippen LogP contribution in [0.15, 0.2) is 15.2 Å². The van der Waals surface area contributed by atoms with E-state index in [9.17, 15) is 4.79 Å². The first-order valence-corrected chi connectivity index (χ1v) is 6.64. The lowest BCUT2D eigenvalue weighted by Gasteiger charge is -2.08. The standard InChI is InChI=1S/C10H13BrN2OS/c11-9-3-7(6-15-9)4-13-10(14)8-1-2-12-5-8/h3,6,8,12H,1-2,4-5H2,(H,13,14). The highest BCUT2D eigenvalue weighted by atomic mass is 79.9. The van der Waals surface area contributed by atoms with E-state index in [4.69, 9.17) is 0 Å². The Morgan fingerprint density at radius 1 is 1.73 bits per heavy atom. The zero-order valence-corrected chi connectivity index (χ0v) is 10.7. The summed E-state index contributed by atoms with van der Waals surface area (Å²) in [5.74, 6) is 0.328. The van der Waals surface area contributed by atoms with Gasteiger partial charge in [0, 0.05) is 13.1 Å². The van der Waals surface area contributed by atoms with Crippen molar-refractivity contribution in [1.29, 1.82) is 0 Å². The molecule has 0 saturated carbocycles. The minimum absolute atomic E-state index is 0.159. The molecular formula is C10H13BrN2OS. The Morgan fingerprint density at radius 3 is 3.20 bits per heavy atom. The zero-order chi connectivity index (χ0) is 10.7. The summed E-state index contributed by atoms with van der Waals surface area (Å²) in [7, 11) is 0. The van der Waals surface area contributed by atoms with Gasteiger partial charge in [0.05, 0.1) is 9.70 Å². The molecule has 2 heterocycles. The Bertz CT molecular complexity index is 347. The number of amides is 1. The molecule has 0 spiro atoms. The lowest BCUT2D eigenvalue weighted by Crippen LogP contribution is -2.31. The fourth-order valence-corrected chi connectivity index (χ4v) is 2.86. The number of thiophene rings is 1. The van der Waals surface area contributed by atoms with E-state index in [0.717, 1.165) is 28.9 Å². The van der Waals surface area contributed by atoms with Crippen molar-refractivity contribution in [2.24, 2.45) is 5.92 Å². The maximum atomic E-state index is 11.7. The van der Waals surface area contributed by atoms with Crippen molar-refractivity contribution in [3.8, 4) is 0 Å². The normalized spacial score (nSPS) is 20.5. The van der Waals surface area contributed by atoms with Crippen LogP contribution in [-0.2, 0) is 11.3 Å². The smallest absolute Gasteiger partial charge is 0.224 e. The van der Waals surface area contributed by atoms with Gasteiger partial charge in [-0.25, -0.2) is 0 Å². The van der Waals surface area contributed by atoms with E-state index in [0.29, 0.717) is 6.54 Å². The van der Waals surface area contributed by atoms with Gasteiger partial charge in [0.15, 0.2) is 0 Å². The maximum Gasteiger partial charge on any atom is 0.224 e. The monoisotopic (exact) mass is 288 g/mol. The Balaban J connectivity index is 1.80. The third-order valence-corrected chi connectivity index (χ3v) is 4.07. The van der Waals surface area contributed by atoms with Crippen molar-refractivity contribution in [2.75, 3.05) is 13.1 Å². The molecule has 0 radical (unpaired) electrons. The Morgan fingerprint density at radius 2 is 2.60 bits per heavy atom. The van der Waals surface area contributed by atoms with Crippen LogP contribution in [0, 0.1) is 5.92 Å². The van der Waals surface area contributed by atoms with E-state index < -0.39 is 0 Å². The van der Waals surface area contributed by atoms with Crippen LogP contribution in [0.1, 0.15) is 12.0 Å². The van der Waals surface area contributed by atoms with Gasteiger partial charge in [-0.05, 0) is 45.9 Å². The average Bonchev–Trinajstić information content (AvgIpc) is 2.84. The molecule has 3 nitrogen and oxygen atoms in total. The number of nitrogens with one attached hydrogen (secondary N) is 2. The number of halogens is 1. The maximum absolute atomic E-state index is 11.7. The van der Waals surface area contributed by atoms with Gasteiger partial charge in [-0.1, -0.05) is 0 Å². The van der Waals surface area contributed by atoms with Crippen LogP contribution in [0.25, 0.3) is 0 Å². The second-order valence-electron chi connectivity index (χ2n) is 3.67. The van der Waals surface area contributed by atoms with Crippen molar-refractivity contribution < 1.29 is 4.79 Å². The lowest BCUT2D eigenvalue weighted by molar-refractivity contribution is -0.124. The van der Waals surface area contributed by atoms with E-state index in [1.54, 1.807) is 11.3 Å². The molecule has 1 aromatic heterocycles. The first-order chi connectivity index (χ1) is 7.25. The highest BCUT2D eigenvalue weighted by Crippen LogP contribution is 2.20. The van der Waals surface area contributed by atoms with Crippen LogP contribution in [0.5, 0.6) is 0 Å². The van der Waals surface area contributed by atoms with Crippen LogP contribution in [0.2, 0.25) is 0 Å². The lowest BCUT2D eigenvalue weighted by atomic mass is 10.1. The van der Waals surface area contributed by atoms with Crippen LogP contribution < -0.4 is 10.6 Å². The summed E-state index contributed by atoms with van der Waals surface area (Å²) in [6.45, 7) is 2.42. The second-order valence-corrected chi connectivity index (χ2v) is 5.96. The fraction of sp³-hybridized carbons (Fsp3) is 0.500. The molecule has 1 unspecified atom stereocenters. The Hall–Kier alpha value is -0.390.